The molecule has 0 bridgehead atoms. The van der Waals surface area contributed by atoms with Gasteiger partial charge < -0.3 is 19.7 Å². The molecule has 1 fully saturated rings. The highest BCUT2D eigenvalue weighted by molar-refractivity contribution is 7.80. The van der Waals surface area contributed by atoms with E-state index < -0.39 is 0 Å². The van der Waals surface area contributed by atoms with Gasteiger partial charge in [-0.3, -0.25) is 4.90 Å². The number of hydrogen-bond acceptors (Lipinski definition) is 6. The Bertz CT molecular complexity index is 795. The molecule has 2 aliphatic heterocycles. The molecule has 1 aromatic heterocycles. The largest absolute Gasteiger partial charge is 0.454 e. The molecule has 4 rings (SSSR count). The van der Waals surface area contributed by atoms with Crippen molar-refractivity contribution in [3.63, 3.8) is 0 Å². The molecule has 0 amide bonds. The van der Waals surface area contributed by atoms with Gasteiger partial charge in [0.15, 0.2) is 16.6 Å². The van der Waals surface area contributed by atoms with Crippen molar-refractivity contribution < 1.29 is 9.47 Å². The van der Waals surface area contributed by atoms with Crippen molar-refractivity contribution in [2.75, 3.05) is 38.3 Å². The smallest absolute Gasteiger partial charge is 0.231 e. The van der Waals surface area contributed by atoms with Crippen molar-refractivity contribution in [1.29, 1.82) is 0 Å². The summed E-state index contributed by atoms with van der Waals surface area (Å²) in [5.41, 5.74) is 2.10. The molecule has 2 aromatic rings. The quantitative estimate of drug-likeness (QED) is 0.808. The predicted octanol–water partition coefficient (Wildman–Crippen LogP) is 3.08. The van der Waals surface area contributed by atoms with Crippen LogP contribution in [0.2, 0.25) is 0 Å². The van der Waals surface area contributed by atoms with Crippen molar-refractivity contribution in [3.05, 3.63) is 34.3 Å². The third-order valence-electron chi connectivity index (χ3n) is 4.55. The first-order valence-electron chi connectivity index (χ1n) is 8.76. The highest BCUT2D eigenvalue weighted by Gasteiger charge is 2.19. The van der Waals surface area contributed by atoms with Crippen LogP contribution in [0.5, 0.6) is 11.5 Å². The van der Waals surface area contributed by atoms with Gasteiger partial charge in [0.05, 0.1) is 10.7 Å². The number of anilines is 1. The SMILES string of the molecule is Cc1nc(CN2CCCN(C(=S)Nc3ccc4c(c3)OCO4)CC2)cs1. The maximum Gasteiger partial charge on any atom is 0.231 e. The van der Waals surface area contributed by atoms with Crippen LogP contribution in [0, 0.1) is 6.92 Å². The third kappa shape index (κ3) is 4.08. The van der Waals surface area contributed by atoms with Gasteiger partial charge in [0.2, 0.25) is 6.79 Å². The van der Waals surface area contributed by atoms with Crippen molar-refractivity contribution >= 4 is 34.4 Å². The average Bonchev–Trinajstić information content (AvgIpc) is 3.18. The van der Waals surface area contributed by atoms with E-state index in [1.54, 1.807) is 11.3 Å². The highest BCUT2D eigenvalue weighted by Crippen LogP contribution is 2.34. The van der Waals surface area contributed by atoms with Gasteiger partial charge in [-0.1, -0.05) is 0 Å². The summed E-state index contributed by atoms with van der Waals surface area (Å²) in [5.74, 6) is 1.54. The first kappa shape index (κ1) is 17.5. The Morgan fingerprint density at radius 3 is 2.96 bits per heavy atom. The molecule has 0 saturated carbocycles. The maximum absolute atomic E-state index is 5.63. The molecule has 8 heteroatoms. The summed E-state index contributed by atoms with van der Waals surface area (Å²) in [6.45, 7) is 7.19. The van der Waals surface area contributed by atoms with Crippen LogP contribution in [0.15, 0.2) is 23.6 Å². The molecule has 0 unspecified atom stereocenters. The van der Waals surface area contributed by atoms with Crippen LogP contribution >= 0.6 is 23.6 Å². The zero-order valence-corrected chi connectivity index (χ0v) is 16.4. The van der Waals surface area contributed by atoms with Crippen LogP contribution < -0.4 is 14.8 Å². The Kier molecular flexibility index (Phi) is 5.23. The second-order valence-corrected chi connectivity index (χ2v) is 7.92. The molecule has 0 atom stereocenters. The summed E-state index contributed by atoms with van der Waals surface area (Å²) in [6.07, 6.45) is 1.09. The fourth-order valence-corrected chi connectivity index (χ4v) is 4.12. The summed E-state index contributed by atoms with van der Waals surface area (Å²) >= 11 is 7.34. The molecular formula is C18H22N4O2S2. The molecular weight excluding hydrogens is 368 g/mol. The minimum absolute atomic E-state index is 0.281. The molecule has 1 N–H and O–H groups in total. The van der Waals surface area contributed by atoms with E-state index in [4.69, 9.17) is 21.7 Å². The van der Waals surface area contributed by atoms with E-state index in [-0.39, 0.29) is 6.79 Å². The Labute approximate surface area is 162 Å². The van der Waals surface area contributed by atoms with Crippen molar-refractivity contribution in [1.82, 2.24) is 14.8 Å². The van der Waals surface area contributed by atoms with E-state index in [0.717, 1.165) is 66.5 Å². The van der Waals surface area contributed by atoms with Crippen LogP contribution in [-0.4, -0.2) is 52.9 Å². The number of hydrogen-bond donors (Lipinski definition) is 1. The number of fused-ring (bicyclic) bond motifs is 1. The number of aromatic nitrogens is 1. The topological polar surface area (TPSA) is 49.9 Å². The number of aryl methyl sites for hydroxylation is 1. The number of benzene rings is 1. The molecule has 1 saturated heterocycles. The highest BCUT2D eigenvalue weighted by atomic mass is 32.1. The molecule has 6 nitrogen and oxygen atoms in total. The van der Waals surface area contributed by atoms with Crippen LogP contribution in [-0.2, 0) is 6.54 Å². The summed E-state index contributed by atoms with van der Waals surface area (Å²) in [5, 5.41) is 7.38. The van der Waals surface area contributed by atoms with Gasteiger partial charge in [0.1, 0.15) is 0 Å². The van der Waals surface area contributed by atoms with E-state index in [9.17, 15) is 0 Å². The molecule has 3 heterocycles. The second-order valence-electron chi connectivity index (χ2n) is 6.47. The zero-order chi connectivity index (χ0) is 17.9. The summed E-state index contributed by atoms with van der Waals surface area (Å²) in [6, 6.07) is 5.81. The second kappa shape index (κ2) is 7.77. The van der Waals surface area contributed by atoms with Crippen molar-refractivity contribution in [2.24, 2.45) is 0 Å². The Hall–Kier alpha value is -1.90. The zero-order valence-electron chi connectivity index (χ0n) is 14.7. The number of thiocarbonyl (C=S) groups is 1. The molecule has 1 aromatic carbocycles. The van der Waals surface area contributed by atoms with Gasteiger partial charge >= 0.3 is 0 Å². The fourth-order valence-electron chi connectivity index (χ4n) is 3.22. The van der Waals surface area contributed by atoms with Gasteiger partial charge in [-0.2, -0.15) is 0 Å². The Balaban J connectivity index is 1.32. The van der Waals surface area contributed by atoms with Gasteiger partial charge in [0, 0.05) is 49.9 Å². The van der Waals surface area contributed by atoms with Gasteiger partial charge in [0.25, 0.3) is 0 Å². The van der Waals surface area contributed by atoms with E-state index >= 15 is 0 Å². The lowest BCUT2D eigenvalue weighted by Crippen LogP contribution is -2.37. The first-order chi connectivity index (χ1) is 12.7. The summed E-state index contributed by atoms with van der Waals surface area (Å²) in [4.78, 5) is 9.28. The number of thiazole rings is 1. The number of nitrogens with one attached hydrogen (secondary N) is 1. The van der Waals surface area contributed by atoms with E-state index in [1.807, 2.05) is 18.2 Å². The van der Waals surface area contributed by atoms with Crippen LogP contribution in [0.25, 0.3) is 0 Å². The molecule has 138 valence electrons. The summed E-state index contributed by atoms with van der Waals surface area (Å²) < 4.78 is 10.8. The Morgan fingerprint density at radius 2 is 2.12 bits per heavy atom. The average molecular weight is 391 g/mol. The fraction of sp³-hybridized carbons (Fsp3) is 0.444. The lowest BCUT2D eigenvalue weighted by Gasteiger charge is -2.24. The summed E-state index contributed by atoms with van der Waals surface area (Å²) in [7, 11) is 0. The predicted molar refractivity (Wildman–Crippen MR) is 107 cm³/mol. The number of nitrogens with zero attached hydrogens (tertiary/aromatic N) is 3. The maximum atomic E-state index is 5.63. The van der Waals surface area contributed by atoms with Crippen molar-refractivity contribution in [3.8, 4) is 11.5 Å². The molecule has 0 spiro atoms. The van der Waals surface area contributed by atoms with Gasteiger partial charge in [-0.05, 0) is 37.7 Å². The van der Waals surface area contributed by atoms with E-state index in [1.165, 1.54) is 5.69 Å². The monoisotopic (exact) mass is 390 g/mol. The van der Waals surface area contributed by atoms with Crippen LogP contribution in [0.3, 0.4) is 0 Å². The molecule has 0 radical (unpaired) electrons. The third-order valence-corrected chi connectivity index (χ3v) is 5.73. The molecule has 2 aliphatic rings. The lowest BCUT2D eigenvalue weighted by molar-refractivity contribution is 0.174. The minimum atomic E-state index is 0.281. The van der Waals surface area contributed by atoms with E-state index in [0.29, 0.717) is 0 Å². The van der Waals surface area contributed by atoms with Crippen molar-refractivity contribution in [2.45, 2.75) is 19.9 Å². The minimum Gasteiger partial charge on any atom is -0.454 e. The lowest BCUT2D eigenvalue weighted by atomic mass is 10.3. The standard InChI is InChI=1S/C18H22N4O2S2/c1-13-19-15(11-26-13)10-21-5-2-6-22(8-7-21)18(25)20-14-3-4-16-17(9-14)24-12-23-16/h3-4,9,11H,2,5-8,10,12H2,1H3,(H,20,25). The molecule has 0 aliphatic carbocycles. The van der Waals surface area contributed by atoms with Gasteiger partial charge in [-0.15, -0.1) is 11.3 Å². The normalized spacial score (nSPS) is 17.2. The van der Waals surface area contributed by atoms with E-state index in [2.05, 4.69) is 32.4 Å². The van der Waals surface area contributed by atoms with Crippen LogP contribution in [0.4, 0.5) is 5.69 Å². The number of rotatable bonds is 3. The Morgan fingerprint density at radius 1 is 1.23 bits per heavy atom. The molecule has 26 heavy (non-hydrogen) atoms. The first-order valence-corrected chi connectivity index (χ1v) is 10.0. The van der Waals surface area contributed by atoms with Crippen LogP contribution in [0.1, 0.15) is 17.1 Å². The number of ether oxygens (including phenoxy) is 2. The van der Waals surface area contributed by atoms with Gasteiger partial charge in [-0.25, -0.2) is 4.98 Å².